The van der Waals surface area contributed by atoms with Gasteiger partial charge in [-0.15, -0.1) is 0 Å². The van der Waals surface area contributed by atoms with E-state index in [-0.39, 0.29) is 5.91 Å². The predicted molar refractivity (Wildman–Crippen MR) is 63.5 cm³/mol. The number of nitrogens with zero attached hydrogens (tertiary/aromatic N) is 1. The molecule has 0 spiro atoms. The molecule has 0 aromatic heterocycles. The Labute approximate surface area is 102 Å². The number of carbonyl (C=O) groups is 1. The van der Waals surface area contributed by atoms with Crippen molar-refractivity contribution in [1.82, 2.24) is 4.90 Å². The van der Waals surface area contributed by atoms with Crippen LogP contribution < -0.4 is 5.73 Å². The molecule has 17 heavy (non-hydrogen) atoms. The van der Waals surface area contributed by atoms with Gasteiger partial charge in [0, 0.05) is 26.8 Å². The van der Waals surface area contributed by atoms with Gasteiger partial charge in [0.15, 0.2) is 0 Å². The molecule has 0 radical (unpaired) electrons. The van der Waals surface area contributed by atoms with Gasteiger partial charge in [-0.05, 0) is 25.2 Å². The van der Waals surface area contributed by atoms with Gasteiger partial charge in [0.1, 0.15) is 5.54 Å². The average molecular weight is 242 g/mol. The zero-order valence-electron chi connectivity index (χ0n) is 10.5. The molecule has 2 saturated heterocycles. The summed E-state index contributed by atoms with van der Waals surface area (Å²) in [5.41, 5.74) is 5.26. The van der Waals surface area contributed by atoms with E-state index >= 15 is 0 Å². The molecule has 0 bridgehead atoms. The van der Waals surface area contributed by atoms with Crippen molar-refractivity contribution in [1.29, 1.82) is 0 Å². The number of hydrogen-bond acceptors (Lipinski definition) is 4. The van der Waals surface area contributed by atoms with Crippen LogP contribution in [0.25, 0.3) is 0 Å². The smallest absolute Gasteiger partial charge is 0.244 e. The Bertz CT molecular complexity index is 271. The third kappa shape index (κ3) is 2.97. The second-order valence-corrected chi connectivity index (χ2v) is 5.23. The molecule has 2 N–H and O–H groups in total. The summed E-state index contributed by atoms with van der Waals surface area (Å²) in [4.78, 5) is 14.0. The summed E-state index contributed by atoms with van der Waals surface area (Å²) in [6.07, 6.45) is 2.84. The molecule has 2 aliphatic rings. The fraction of sp³-hybridized carbons (Fsp3) is 0.917. The van der Waals surface area contributed by atoms with Crippen molar-refractivity contribution in [2.45, 2.75) is 24.8 Å². The first-order chi connectivity index (χ1) is 8.12. The molecule has 0 aromatic rings. The lowest BCUT2D eigenvalue weighted by atomic mass is 9.96. The minimum Gasteiger partial charge on any atom is -0.381 e. The summed E-state index contributed by atoms with van der Waals surface area (Å²) in [6.45, 7) is 3.27. The highest BCUT2D eigenvalue weighted by atomic mass is 16.5. The normalized spacial score (nSPS) is 33.6. The zero-order chi connectivity index (χ0) is 12.3. The molecule has 2 atom stereocenters. The maximum atomic E-state index is 12.2. The minimum atomic E-state index is -0.801. The molecule has 2 unspecified atom stereocenters. The lowest BCUT2D eigenvalue weighted by Gasteiger charge is -2.31. The van der Waals surface area contributed by atoms with Gasteiger partial charge in [-0.25, -0.2) is 0 Å². The van der Waals surface area contributed by atoms with E-state index in [1.807, 2.05) is 7.05 Å². The minimum absolute atomic E-state index is 0.000531. The SMILES string of the molecule is CN(CC1CCCOC1)C(=O)C1(N)CCOC1. The van der Waals surface area contributed by atoms with Gasteiger partial charge in [0.05, 0.1) is 13.2 Å². The molecular weight excluding hydrogens is 220 g/mol. The van der Waals surface area contributed by atoms with Crippen molar-refractivity contribution < 1.29 is 14.3 Å². The Morgan fingerprint density at radius 1 is 1.47 bits per heavy atom. The van der Waals surface area contributed by atoms with E-state index in [0.717, 1.165) is 32.6 Å². The van der Waals surface area contributed by atoms with Gasteiger partial charge >= 0.3 is 0 Å². The number of nitrogens with two attached hydrogens (primary N) is 1. The van der Waals surface area contributed by atoms with Gasteiger partial charge < -0.3 is 20.1 Å². The topological polar surface area (TPSA) is 64.8 Å². The van der Waals surface area contributed by atoms with Crippen molar-refractivity contribution in [2.75, 3.05) is 40.0 Å². The highest BCUT2D eigenvalue weighted by molar-refractivity contribution is 5.86. The first-order valence-corrected chi connectivity index (χ1v) is 6.32. The van der Waals surface area contributed by atoms with Gasteiger partial charge in [-0.2, -0.15) is 0 Å². The van der Waals surface area contributed by atoms with Crippen LogP contribution in [-0.2, 0) is 14.3 Å². The maximum absolute atomic E-state index is 12.2. The Hall–Kier alpha value is -0.650. The predicted octanol–water partition coefficient (Wildman–Crippen LogP) is -0.0108. The molecule has 2 heterocycles. The molecule has 5 heteroatoms. The first-order valence-electron chi connectivity index (χ1n) is 6.32. The number of likely N-dealkylation sites (N-methyl/N-ethyl adjacent to an activating group) is 1. The van der Waals surface area contributed by atoms with E-state index in [9.17, 15) is 4.79 Å². The number of hydrogen-bond donors (Lipinski definition) is 1. The summed E-state index contributed by atoms with van der Waals surface area (Å²) in [5, 5.41) is 0. The Morgan fingerprint density at radius 2 is 2.29 bits per heavy atom. The molecule has 1 amide bonds. The molecule has 2 fully saturated rings. The third-order valence-electron chi connectivity index (χ3n) is 3.61. The highest BCUT2D eigenvalue weighted by Crippen LogP contribution is 2.20. The van der Waals surface area contributed by atoms with Gasteiger partial charge in [-0.3, -0.25) is 4.79 Å². The second kappa shape index (κ2) is 5.33. The molecular formula is C12H22N2O3. The van der Waals surface area contributed by atoms with Crippen LogP contribution in [0.15, 0.2) is 0 Å². The summed E-state index contributed by atoms with van der Waals surface area (Å²) in [7, 11) is 1.82. The standard InChI is InChI=1S/C12H22N2O3/c1-14(7-10-3-2-5-16-8-10)11(15)12(13)4-6-17-9-12/h10H,2-9,13H2,1H3. The van der Waals surface area contributed by atoms with Crippen LogP contribution in [0, 0.1) is 5.92 Å². The Morgan fingerprint density at radius 3 is 2.88 bits per heavy atom. The Kier molecular flexibility index (Phi) is 4.01. The van der Waals surface area contributed by atoms with E-state index in [1.165, 1.54) is 0 Å². The summed E-state index contributed by atoms with van der Waals surface area (Å²) in [5.74, 6) is 0.448. The fourth-order valence-electron chi connectivity index (χ4n) is 2.55. The quantitative estimate of drug-likeness (QED) is 0.756. The van der Waals surface area contributed by atoms with E-state index in [2.05, 4.69) is 0 Å². The van der Waals surface area contributed by atoms with Crippen molar-refractivity contribution >= 4 is 5.91 Å². The molecule has 0 saturated carbocycles. The van der Waals surface area contributed by atoms with Crippen LogP contribution in [0.4, 0.5) is 0 Å². The molecule has 2 rings (SSSR count). The van der Waals surface area contributed by atoms with E-state index in [4.69, 9.17) is 15.2 Å². The summed E-state index contributed by atoms with van der Waals surface area (Å²) in [6, 6.07) is 0. The maximum Gasteiger partial charge on any atom is 0.244 e. The fourth-order valence-corrected chi connectivity index (χ4v) is 2.55. The molecule has 0 aromatic carbocycles. The van der Waals surface area contributed by atoms with Crippen molar-refractivity contribution in [2.24, 2.45) is 11.7 Å². The second-order valence-electron chi connectivity index (χ2n) is 5.23. The first kappa shape index (κ1) is 12.8. The number of rotatable bonds is 3. The summed E-state index contributed by atoms with van der Waals surface area (Å²) < 4.78 is 10.6. The number of ether oxygens (including phenoxy) is 2. The van der Waals surface area contributed by atoms with E-state index in [0.29, 0.717) is 25.6 Å². The van der Waals surface area contributed by atoms with E-state index < -0.39 is 5.54 Å². The van der Waals surface area contributed by atoms with Crippen molar-refractivity contribution in [3.63, 3.8) is 0 Å². The van der Waals surface area contributed by atoms with Crippen LogP contribution in [-0.4, -0.2) is 56.4 Å². The summed E-state index contributed by atoms with van der Waals surface area (Å²) >= 11 is 0. The monoisotopic (exact) mass is 242 g/mol. The lowest BCUT2D eigenvalue weighted by molar-refractivity contribution is -0.136. The molecule has 2 aliphatic heterocycles. The molecule has 0 aliphatic carbocycles. The number of amides is 1. The lowest BCUT2D eigenvalue weighted by Crippen LogP contribution is -2.55. The number of carbonyl (C=O) groups excluding carboxylic acids is 1. The van der Waals surface area contributed by atoms with Crippen LogP contribution >= 0.6 is 0 Å². The molecule has 98 valence electrons. The van der Waals surface area contributed by atoms with Crippen LogP contribution in [0.2, 0.25) is 0 Å². The largest absolute Gasteiger partial charge is 0.381 e. The third-order valence-corrected chi connectivity index (χ3v) is 3.61. The van der Waals surface area contributed by atoms with Gasteiger partial charge in [0.2, 0.25) is 5.91 Å². The van der Waals surface area contributed by atoms with Crippen molar-refractivity contribution in [3.8, 4) is 0 Å². The van der Waals surface area contributed by atoms with Gasteiger partial charge in [-0.1, -0.05) is 0 Å². The van der Waals surface area contributed by atoms with Crippen LogP contribution in [0.3, 0.4) is 0 Å². The highest BCUT2D eigenvalue weighted by Gasteiger charge is 2.40. The van der Waals surface area contributed by atoms with Crippen LogP contribution in [0.5, 0.6) is 0 Å². The van der Waals surface area contributed by atoms with Gasteiger partial charge in [0.25, 0.3) is 0 Å². The average Bonchev–Trinajstić information content (AvgIpc) is 2.78. The molecule has 5 nitrogen and oxygen atoms in total. The zero-order valence-corrected chi connectivity index (χ0v) is 10.5. The van der Waals surface area contributed by atoms with E-state index in [1.54, 1.807) is 4.90 Å². The Balaban J connectivity index is 1.85. The van der Waals surface area contributed by atoms with Crippen LogP contribution in [0.1, 0.15) is 19.3 Å². The van der Waals surface area contributed by atoms with Crippen molar-refractivity contribution in [3.05, 3.63) is 0 Å².